The number of carbonyl (C=O) groups excluding carboxylic acids is 1. The standard InChI is InChI=1S/C20H14ClFN4O/c21-15-5-3-14(4-6-15)18-9-10-23-19-17(12-25-26(18)19)20(27)24-11-13-1-7-16(22)8-2-13/h1-10,12H,11H2,(H,24,27). The molecule has 0 radical (unpaired) electrons. The van der Waals surface area contributed by atoms with Gasteiger partial charge in [-0.15, -0.1) is 0 Å². The highest BCUT2D eigenvalue weighted by Crippen LogP contribution is 2.22. The zero-order valence-corrected chi connectivity index (χ0v) is 14.8. The molecular formula is C20H14ClFN4O. The lowest BCUT2D eigenvalue weighted by atomic mass is 10.1. The molecule has 134 valence electrons. The molecule has 0 fully saturated rings. The van der Waals surface area contributed by atoms with E-state index in [1.165, 1.54) is 18.3 Å². The van der Waals surface area contributed by atoms with Gasteiger partial charge in [-0.2, -0.15) is 5.10 Å². The molecule has 27 heavy (non-hydrogen) atoms. The number of aromatic nitrogens is 3. The molecule has 2 heterocycles. The van der Waals surface area contributed by atoms with Crippen LogP contribution in [0.15, 0.2) is 67.0 Å². The van der Waals surface area contributed by atoms with E-state index in [1.807, 2.05) is 18.2 Å². The number of nitrogens with zero attached hydrogens (tertiary/aromatic N) is 3. The third kappa shape index (κ3) is 3.52. The van der Waals surface area contributed by atoms with Crippen LogP contribution in [0.4, 0.5) is 4.39 Å². The Hall–Kier alpha value is -3.25. The van der Waals surface area contributed by atoms with E-state index in [1.54, 1.807) is 35.0 Å². The minimum atomic E-state index is -0.313. The van der Waals surface area contributed by atoms with Crippen LogP contribution in [0.3, 0.4) is 0 Å². The number of carbonyl (C=O) groups is 1. The fraction of sp³-hybridized carbons (Fsp3) is 0.0500. The number of hydrogen-bond donors (Lipinski definition) is 1. The van der Waals surface area contributed by atoms with E-state index in [-0.39, 0.29) is 18.3 Å². The number of halogens is 2. The predicted molar refractivity (Wildman–Crippen MR) is 101 cm³/mol. The first-order valence-electron chi connectivity index (χ1n) is 8.23. The van der Waals surface area contributed by atoms with Crippen molar-refractivity contribution in [3.05, 3.63) is 89.0 Å². The Morgan fingerprint density at radius 3 is 2.56 bits per heavy atom. The zero-order chi connectivity index (χ0) is 18.8. The van der Waals surface area contributed by atoms with Crippen molar-refractivity contribution in [2.45, 2.75) is 6.54 Å². The molecule has 2 aromatic heterocycles. The summed E-state index contributed by atoms with van der Waals surface area (Å²) in [5.74, 6) is -0.610. The molecule has 0 saturated heterocycles. The van der Waals surface area contributed by atoms with Gasteiger partial charge in [-0.25, -0.2) is 13.9 Å². The van der Waals surface area contributed by atoms with E-state index in [9.17, 15) is 9.18 Å². The lowest BCUT2D eigenvalue weighted by Gasteiger charge is -2.06. The zero-order valence-electron chi connectivity index (χ0n) is 14.1. The third-order valence-corrected chi connectivity index (χ3v) is 4.40. The Kier molecular flexibility index (Phi) is 4.56. The van der Waals surface area contributed by atoms with E-state index < -0.39 is 0 Å². The van der Waals surface area contributed by atoms with Gasteiger partial charge >= 0.3 is 0 Å². The summed E-state index contributed by atoms with van der Waals surface area (Å²) in [5.41, 5.74) is 3.34. The summed E-state index contributed by atoms with van der Waals surface area (Å²) >= 11 is 5.95. The Bertz CT molecular complexity index is 1110. The number of rotatable bonds is 4. The number of amides is 1. The molecule has 0 aliphatic carbocycles. The van der Waals surface area contributed by atoms with Crippen molar-refractivity contribution in [3.8, 4) is 11.3 Å². The summed E-state index contributed by atoms with van der Waals surface area (Å²) in [5, 5.41) is 7.77. The van der Waals surface area contributed by atoms with Crippen molar-refractivity contribution in [2.24, 2.45) is 0 Å². The number of fused-ring (bicyclic) bond motifs is 1. The minimum Gasteiger partial charge on any atom is -0.348 e. The van der Waals surface area contributed by atoms with Gasteiger partial charge in [0, 0.05) is 23.3 Å². The van der Waals surface area contributed by atoms with Gasteiger partial charge in [0.1, 0.15) is 11.4 Å². The first-order chi connectivity index (χ1) is 13.1. The van der Waals surface area contributed by atoms with Crippen LogP contribution in [-0.2, 0) is 6.54 Å². The lowest BCUT2D eigenvalue weighted by molar-refractivity contribution is 0.0952. The summed E-state index contributed by atoms with van der Waals surface area (Å²) in [7, 11) is 0. The fourth-order valence-electron chi connectivity index (χ4n) is 2.77. The maximum absolute atomic E-state index is 13.0. The van der Waals surface area contributed by atoms with E-state index in [0.717, 1.165) is 16.8 Å². The van der Waals surface area contributed by atoms with Gasteiger partial charge in [-0.1, -0.05) is 35.9 Å². The summed E-state index contributed by atoms with van der Waals surface area (Å²) in [4.78, 5) is 16.9. The Balaban J connectivity index is 1.61. The molecule has 1 amide bonds. The van der Waals surface area contributed by atoms with Gasteiger partial charge in [-0.3, -0.25) is 4.79 Å². The van der Waals surface area contributed by atoms with Crippen LogP contribution in [0.25, 0.3) is 16.9 Å². The van der Waals surface area contributed by atoms with Gasteiger partial charge in [-0.05, 0) is 35.9 Å². The fourth-order valence-corrected chi connectivity index (χ4v) is 2.90. The minimum absolute atomic E-state index is 0.285. The summed E-state index contributed by atoms with van der Waals surface area (Å²) in [6.07, 6.45) is 3.12. The number of benzene rings is 2. The number of nitrogens with one attached hydrogen (secondary N) is 1. The van der Waals surface area contributed by atoms with E-state index in [2.05, 4.69) is 15.4 Å². The second kappa shape index (κ2) is 7.17. The third-order valence-electron chi connectivity index (χ3n) is 4.15. The van der Waals surface area contributed by atoms with Crippen molar-refractivity contribution in [1.29, 1.82) is 0 Å². The molecule has 5 nitrogen and oxygen atoms in total. The van der Waals surface area contributed by atoms with Gasteiger partial charge in [0.25, 0.3) is 5.91 Å². The van der Waals surface area contributed by atoms with Crippen molar-refractivity contribution in [3.63, 3.8) is 0 Å². The molecule has 0 spiro atoms. The van der Waals surface area contributed by atoms with Crippen LogP contribution in [0.5, 0.6) is 0 Å². The molecule has 4 rings (SSSR count). The average molecular weight is 381 g/mol. The largest absolute Gasteiger partial charge is 0.348 e. The molecule has 0 bridgehead atoms. The normalized spacial score (nSPS) is 10.9. The molecule has 2 aromatic carbocycles. The molecule has 7 heteroatoms. The number of hydrogen-bond acceptors (Lipinski definition) is 3. The average Bonchev–Trinajstić information content (AvgIpc) is 3.12. The molecule has 0 saturated carbocycles. The smallest absolute Gasteiger partial charge is 0.257 e. The lowest BCUT2D eigenvalue weighted by Crippen LogP contribution is -2.22. The molecular weight excluding hydrogens is 367 g/mol. The van der Waals surface area contributed by atoms with Gasteiger partial charge < -0.3 is 5.32 Å². The Morgan fingerprint density at radius 1 is 1.07 bits per heavy atom. The second-order valence-electron chi connectivity index (χ2n) is 5.94. The summed E-state index contributed by atoms with van der Waals surface area (Å²) in [6, 6.07) is 15.1. The maximum Gasteiger partial charge on any atom is 0.257 e. The predicted octanol–water partition coefficient (Wildman–Crippen LogP) is 4.12. The molecule has 4 aromatic rings. The Labute approximate surface area is 159 Å². The topological polar surface area (TPSA) is 59.3 Å². The van der Waals surface area contributed by atoms with Crippen LogP contribution >= 0.6 is 11.6 Å². The van der Waals surface area contributed by atoms with E-state index in [4.69, 9.17) is 11.6 Å². The van der Waals surface area contributed by atoms with Crippen molar-refractivity contribution in [2.75, 3.05) is 0 Å². The molecule has 0 aliphatic heterocycles. The summed E-state index contributed by atoms with van der Waals surface area (Å²) in [6.45, 7) is 0.285. The molecule has 0 aliphatic rings. The first kappa shape index (κ1) is 17.2. The van der Waals surface area contributed by atoms with Crippen LogP contribution < -0.4 is 5.32 Å². The monoisotopic (exact) mass is 380 g/mol. The van der Waals surface area contributed by atoms with Crippen LogP contribution in [-0.4, -0.2) is 20.5 Å². The van der Waals surface area contributed by atoms with E-state index in [0.29, 0.717) is 16.2 Å². The van der Waals surface area contributed by atoms with Crippen LogP contribution in [0.1, 0.15) is 15.9 Å². The van der Waals surface area contributed by atoms with Gasteiger partial charge in [0.15, 0.2) is 5.65 Å². The maximum atomic E-state index is 13.0. The highest BCUT2D eigenvalue weighted by molar-refractivity contribution is 6.30. The van der Waals surface area contributed by atoms with Gasteiger partial charge in [0.2, 0.25) is 0 Å². The van der Waals surface area contributed by atoms with E-state index >= 15 is 0 Å². The van der Waals surface area contributed by atoms with Crippen LogP contribution in [0.2, 0.25) is 5.02 Å². The van der Waals surface area contributed by atoms with Crippen LogP contribution in [0, 0.1) is 5.82 Å². The summed E-state index contributed by atoms with van der Waals surface area (Å²) < 4.78 is 14.6. The highest BCUT2D eigenvalue weighted by Gasteiger charge is 2.16. The highest BCUT2D eigenvalue weighted by atomic mass is 35.5. The van der Waals surface area contributed by atoms with Gasteiger partial charge in [0.05, 0.1) is 11.9 Å². The van der Waals surface area contributed by atoms with Crippen molar-refractivity contribution in [1.82, 2.24) is 19.9 Å². The molecule has 0 atom stereocenters. The van der Waals surface area contributed by atoms with Crippen molar-refractivity contribution < 1.29 is 9.18 Å². The first-order valence-corrected chi connectivity index (χ1v) is 8.61. The SMILES string of the molecule is O=C(NCc1ccc(F)cc1)c1cnn2c(-c3ccc(Cl)cc3)ccnc12. The van der Waals surface area contributed by atoms with Crippen molar-refractivity contribution >= 4 is 23.2 Å². The second-order valence-corrected chi connectivity index (χ2v) is 6.38. The Morgan fingerprint density at radius 2 is 1.81 bits per heavy atom. The quantitative estimate of drug-likeness (QED) is 0.579. The molecule has 1 N–H and O–H groups in total. The molecule has 0 unspecified atom stereocenters.